The van der Waals surface area contributed by atoms with Crippen molar-refractivity contribution in [2.24, 2.45) is 0 Å². The second kappa shape index (κ2) is 8.72. The van der Waals surface area contributed by atoms with Crippen LogP contribution in [0.3, 0.4) is 0 Å². The second-order valence-corrected chi connectivity index (χ2v) is 11.8. The molecule has 9 nitrogen and oxygen atoms in total. The summed E-state index contributed by atoms with van der Waals surface area (Å²) in [7, 11) is -1.57. The van der Waals surface area contributed by atoms with Crippen molar-refractivity contribution in [3.63, 3.8) is 0 Å². The number of carbonyl (C=O) groups is 1. The number of anilines is 1. The van der Waals surface area contributed by atoms with Crippen molar-refractivity contribution in [2.75, 3.05) is 23.5 Å². The minimum Gasteiger partial charge on any atom is -0.452 e. The minimum atomic E-state index is -2.98. The molecule has 4 heterocycles. The molecule has 1 unspecified atom stereocenters. The molecule has 34 heavy (non-hydrogen) atoms. The van der Waals surface area contributed by atoms with Crippen molar-refractivity contribution in [1.82, 2.24) is 19.3 Å². The summed E-state index contributed by atoms with van der Waals surface area (Å²) in [4.78, 5) is 19.4. The first kappa shape index (κ1) is 22.9. The summed E-state index contributed by atoms with van der Waals surface area (Å²) in [5.41, 5.74) is 3.80. The lowest BCUT2D eigenvalue weighted by atomic mass is 9.95. The summed E-state index contributed by atoms with van der Waals surface area (Å²) in [5.74, 6) is 1.40. The number of aryl methyl sites for hydroxylation is 1. The smallest absolute Gasteiger partial charge is 0.414 e. The Labute approximate surface area is 199 Å². The van der Waals surface area contributed by atoms with E-state index in [1.807, 2.05) is 36.0 Å². The van der Waals surface area contributed by atoms with Crippen molar-refractivity contribution < 1.29 is 17.9 Å². The maximum atomic E-state index is 12.6. The number of ether oxygens (including phenoxy) is 1. The summed E-state index contributed by atoms with van der Waals surface area (Å²) >= 11 is 0. The molecule has 2 aliphatic heterocycles. The predicted octanol–water partition coefficient (Wildman–Crippen LogP) is 3.69. The van der Waals surface area contributed by atoms with Crippen LogP contribution in [0.5, 0.6) is 0 Å². The Morgan fingerprint density at radius 1 is 1.24 bits per heavy atom. The molecule has 1 saturated heterocycles. The zero-order valence-corrected chi connectivity index (χ0v) is 20.7. The normalized spacial score (nSPS) is 21.4. The first-order chi connectivity index (χ1) is 16.3. The zero-order chi connectivity index (χ0) is 24.0. The Morgan fingerprint density at radius 2 is 2.00 bits per heavy atom. The van der Waals surface area contributed by atoms with Gasteiger partial charge in [-0.1, -0.05) is 6.92 Å². The number of nitrogens with zero attached hydrogens (tertiary/aromatic N) is 5. The van der Waals surface area contributed by atoms with E-state index >= 15 is 0 Å². The van der Waals surface area contributed by atoms with Crippen LogP contribution in [0.25, 0.3) is 11.0 Å². The van der Waals surface area contributed by atoms with Gasteiger partial charge in [-0.2, -0.15) is 5.10 Å². The molecule has 1 amide bonds. The largest absolute Gasteiger partial charge is 0.452 e. The molecular weight excluding hydrogens is 454 g/mol. The van der Waals surface area contributed by atoms with E-state index in [9.17, 15) is 13.2 Å². The molecule has 0 bridgehead atoms. The van der Waals surface area contributed by atoms with Crippen LogP contribution in [0, 0.1) is 0 Å². The van der Waals surface area contributed by atoms with Gasteiger partial charge in [0.1, 0.15) is 15.7 Å². The monoisotopic (exact) mass is 485 g/mol. The summed E-state index contributed by atoms with van der Waals surface area (Å²) in [6, 6.07) is 6.04. The number of methoxy groups -OCH3 is 1. The van der Waals surface area contributed by atoms with Gasteiger partial charge in [-0.05, 0) is 50.8 Å². The van der Waals surface area contributed by atoms with Crippen LogP contribution < -0.4 is 4.90 Å². The molecule has 0 saturated carbocycles. The summed E-state index contributed by atoms with van der Waals surface area (Å²) in [5, 5.41) is 4.36. The fourth-order valence-corrected chi connectivity index (χ4v) is 6.90. The Morgan fingerprint density at radius 3 is 2.68 bits per heavy atom. The molecule has 2 aliphatic rings. The molecule has 1 aromatic carbocycles. The molecule has 1 fully saturated rings. The Balaban J connectivity index is 1.64. The van der Waals surface area contributed by atoms with E-state index < -0.39 is 9.84 Å². The molecule has 182 valence electrons. The van der Waals surface area contributed by atoms with E-state index in [1.54, 1.807) is 11.1 Å². The third-order valence-electron chi connectivity index (χ3n) is 7.20. The van der Waals surface area contributed by atoms with Gasteiger partial charge < -0.3 is 9.30 Å². The maximum absolute atomic E-state index is 12.6. The molecule has 0 spiro atoms. The lowest BCUT2D eigenvalue weighted by molar-refractivity contribution is 0.175. The van der Waals surface area contributed by atoms with Crippen molar-refractivity contribution in [1.29, 1.82) is 0 Å². The van der Waals surface area contributed by atoms with Crippen molar-refractivity contribution in [3.05, 3.63) is 42.0 Å². The van der Waals surface area contributed by atoms with Gasteiger partial charge in [0.05, 0.1) is 41.9 Å². The van der Waals surface area contributed by atoms with E-state index in [2.05, 4.69) is 16.6 Å². The number of amides is 1. The van der Waals surface area contributed by atoms with Crippen LogP contribution in [0.2, 0.25) is 0 Å². The number of hydrogen-bond donors (Lipinski definition) is 0. The topological polar surface area (TPSA) is 99.3 Å². The third-order valence-corrected chi connectivity index (χ3v) is 8.92. The van der Waals surface area contributed by atoms with E-state index in [1.165, 1.54) is 7.11 Å². The first-order valence-electron chi connectivity index (χ1n) is 11.9. The Bertz CT molecular complexity index is 1300. The molecular formula is C24H31N5O4S. The Hall–Kier alpha value is -2.88. The second-order valence-electron chi connectivity index (χ2n) is 9.51. The number of rotatable bonds is 4. The van der Waals surface area contributed by atoms with Crippen molar-refractivity contribution >= 4 is 32.7 Å². The molecule has 2 aromatic heterocycles. The van der Waals surface area contributed by atoms with Crippen LogP contribution in [0.1, 0.15) is 56.5 Å². The van der Waals surface area contributed by atoms with Crippen LogP contribution in [0.15, 0.2) is 30.6 Å². The molecule has 5 rings (SSSR count). The molecule has 0 N–H and O–H groups in total. The van der Waals surface area contributed by atoms with Gasteiger partial charge in [-0.25, -0.2) is 18.2 Å². The molecule has 10 heteroatoms. The molecule has 0 aliphatic carbocycles. The molecule has 2 atom stereocenters. The lowest BCUT2D eigenvalue weighted by Crippen LogP contribution is -2.42. The number of fused-ring (bicyclic) bond motifs is 3. The highest BCUT2D eigenvalue weighted by atomic mass is 32.2. The van der Waals surface area contributed by atoms with E-state index in [0.717, 1.165) is 41.0 Å². The standard InChI is InChI=1S/C24H31N5O4S/c1-16(15-27-12-4-11-25-27)23-26-22-19-6-5-17(2)28(24(30)33-3)20(19)7-8-21(22)29(23)18-9-13-34(31,32)14-10-18/h4,7-8,11-12,16-18H,5-6,9-10,13-15H2,1-3H3/t16?,17-/m0/s1. The van der Waals surface area contributed by atoms with E-state index in [4.69, 9.17) is 9.72 Å². The number of sulfone groups is 1. The minimum absolute atomic E-state index is 0.0428. The highest BCUT2D eigenvalue weighted by Gasteiger charge is 2.34. The van der Waals surface area contributed by atoms with Gasteiger partial charge in [-0.3, -0.25) is 9.58 Å². The fourth-order valence-electron chi connectivity index (χ4n) is 5.43. The van der Waals surface area contributed by atoms with Crippen molar-refractivity contribution in [3.8, 4) is 0 Å². The highest BCUT2D eigenvalue weighted by Crippen LogP contribution is 2.40. The molecule has 3 aromatic rings. The number of imidazole rings is 1. The van der Waals surface area contributed by atoms with E-state index in [0.29, 0.717) is 19.4 Å². The average molecular weight is 486 g/mol. The lowest BCUT2D eigenvalue weighted by Gasteiger charge is -2.34. The quantitative estimate of drug-likeness (QED) is 0.559. The number of hydrogen-bond acceptors (Lipinski definition) is 6. The third kappa shape index (κ3) is 3.97. The SMILES string of the molecule is COC(=O)N1c2ccc3c(nc(C(C)Cn4cccn4)n3C3CCS(=O)(=O)CC3)c2CC[C@@H]1C. The van der Waals surface area contributed by atoms with Gasteiger partial charge in [0.25, 0.3) is 0 Å². The van der Waals surface area contributed by atoms with Crippen molar-refractivity contribution in [2.45, 2.75) is 64.1 Å². The van der Waals surface area contributed by atoms with Crippen LogP contribution in [-0.4, -0.2) is 58.5 Å². The summed E-state index contributed by atoms with van der Waals surface area (Å²) < 4.78 is 33.5. The van der Waals surface area contributed by atoms with Crippen LogP contribution >= 0.6 is 0 Å². The van der Waals surface area contributed by atoms with Gasteiger partial charge in [0.2, 0.25) is 0 Å². The zero-order valence-electron chi connectivity index (χ0n) is 19.8. The predicted molar refractivity (Wildman–Crippen MR) is 130 cm³/mol. The number of benzene rings is 1. The maximum Gasteiger partial charge on any atom is 0.414 e. The first-order valence-corrected chi connectivity index (χ1v) is 13.7. The van der Waals surface area contributed by atoms with Gasteiger partial charge >= 0.3 is 6.09 Å². The van der Waals surface area contributed by atoms with Crippen LogP contribution in [0.4, 0.5) is 10.5 Å². The fraction of sp³-hybridized carbons (Fsp3) is 0.542. The molecule has 0 radical (unpaired) electrons. The Kier molecular flexibility index (Phi) is 5.87. The van der Waals surface area contributed by atoms with Gasteiger partial charge in [0.15, 0.2) is 0 Å². The summed E-state index contributed by atoms with van der Waals surface area (Å²) in [6.07, 6.45) is 6.15. The van der Waals surface area contributed by atoms with Crippen LogP contribution in [-0.2, 0) is 27.5 Å². The van der Waals surface area contributed by atoms with Gasteiger partial charge in [0, 0.05) is 36.0 Å². The average Bonchev–Trinajstić information content (AvgIpc) is 3.46. The number of aromatic nitrogens is 4. The summed E-state index contributed by atoms with van der Waals surface area (Å²) in [6.45, 7) is 4.84. The number of carbonyl (C=O) groups excluding carboxylic acids is 1. The van der Waals surface area contributed by atoms with E-state index in [-0.39, 0.29) is 35.6 Å². The van der Waals surface area contributed by atoms with Gasteiger partial charge in [-0.15, -0.1) is 0 Å². The highest BCUT2D eigenvalue weighted by molar-refractivity contribution is 7.91.